The van der Waals surface area contributed by atoms with Gasteiger partial charge in [0, 0.05) is 5.41 Å². The van der Waals surface area contributed by atoms with Crippen LogP contribution in [0.15, 0.2) is 0 Å². The summed E-state index contributed by atoms with van der Waals surface area (Å²) in [5.74, 6) is 0. The van der Waals surface area contributed by atoms with E-state index in [9.17, 15) is 10.2 Å². The van der Waals surface area contributed by atoms with Crippen molar-refractivity contribution in [1.82, 2.24) is 0 Å². The number of hydrogen-bond donors (Lipinski definition) is 4. The first kappa shape index (κ1) is 26.7. The third kappa shape index (κ3) is 8.30. The first-order valence-electron chi connectivity index (χ1n) is 10.8. The van der Waals surface area contributed by atoms with E-state index in [-0.39, 0.29) is 16.6 Å². The molecule has 27 heavy (non-hydrogen) atoms. The Morgan fingerprint density at radius 1 is 0.704 bits per heavy atom. The summed E-state index contributed by atoms with van der Waals surface area (Å²) in [6.07, 6.45) is 14.8. The molecule has 0 rings (SSSR count). The molecule has 0 unspecified atom stereocenters. The highest BCUT2D eigenvalue weighted by Crippen LogP contribution is 2.42. The average molecular weight is 419 g/mol. The van der Waals surface area contributed by atoms with E-state index in [0.717, 1.165) is 38.5 Å². The van der Waals surface area contributed by atoms with Crippen LogP contribution in [0.5, 0.6) is 0 Å². The van der Waals surface area contributed by atoms with Gasteiger partial charge in [0.25, 0.3) is 0 Å². The Balaban J connectivity index is 5.08. The van der Waals surface area contributed by atoms with E-state index in [1.807, 2.05) is 0 Å². The SMILES string of the molecule is CCCCCCCCC(CO)(CCCCCCCC)C(O)(C(N)=S)C(N)=S. The van der Waals surface area contributed by atoms with Crippen LogP contribution in [-0.2, 0) is 0 Å². The molecule has 0 aromatic heterocycles. The molecule has 0 aromatic rings. The molecule has 0 saturated heterocycles. The molecule has 0 aliphatic carbocycles. The zero-order valence-corrected chi connectivity index (χ0v) is 19.1. The lowest BCUT2D eigenvalue weighted by atomic mass is 9.65. The number of nitrogens with two attached hydrogens (primary N) is 2. The fraction of sp³-hybridized carbons (Fsp3) is 0.905. The van der Waals surface area contributed by atoms with Crippen LogP contribution in [0.4, 0.5) is 0 Å². The predicted molar refractivity (Wildman–Crippen MR) is 124 cm³/mol. The van der Waals surface area contributed by atoms with Gasteiger partial charge in [-0.3, -0.25) is 0 Å². The summed E-state index contributed by atoms with van der Waals surface area (Å²) in [4.78, 5) is -0.248. The lowest BCUT2D eigenvalue weighted by Crippen LogP contribution is -2.64. The molecule has 6 N–H and O–H groups in total. The number of hydrogen-bond acceptors (Lipinski definition) is 4. The van der Waals surface area contributed by atoms with Crippen LogP contribution in [0, 0.1) is 5.41 Å². The van der Waals surface area contributed by atoms with Crippen molar-refractivity contribution in [2.45, 2.75) is 109 Å². The minimum absolute atomic E-state index is 0.124. The molecule has 0 bridgehead atoms. The van der Waals surface area contributed by atoms with E-state index in [4.69, 9.17) is 35.9 Å². The Bertz CT molecular complexity index is 400. The van der Waals surface area contributed by atoms with E-state index in [2.05, 4.69) is 13.8 Å². The average Bonchev–Trinajstić information content (AvgIpc) is 2.64. The van der Waals surface area contributed by atoms with Crippen molar-refractivity contribution >= 4 is 34.4 Å². The normalized spacial score (nSPS) is 12.3. The first-order chi connectivity index (χ1) is 12.8. The summed E-state index contributed by atoms with van der Waals surface area (Å²) in [5.41, 5.74) is 9.09. The van der Waals surface area contributed by atoms with Crippen molar-refractivity contribution in [3.05, 3.63) is 0 Å². The molecule has 0 saturated carbocycles. The van der Waals surface area contributed by atoms with Crippen LogP contribution >= 0.6 is 24.4 Å². The molecular weight excluding hydrogens is 376 g/mol. The molecule has 0 atom stereocenters. The third-order valence-electron chi connectivity index (χ3n) is 5.80. The van der Waals surface area contributed by atoms with Gasteiger partial charge >= 0.3 is 0 Å². The van der Waals surface area contributed by atoms with E-state index in [1.165, 1.54) is 38.5 Å². The van der Waals surface area contributed by atoms with Crippen LogP contribution in [0.1, 0.15) is 104 Å². The minimum Gasteiger partial charge on any atom is -0.396 e. The maximum atomic E-state index is 11.3. The maximum absolute atomic E-state index is 11.3. The fourth-order valence-electron chi connectivity index (χ4n) is 3.89. The van der Waals surface area contributed by atoms with Gasteiger partial charge in [0.1, 0.15) is 9.98 Å². The molecule has 0 fully saturated rings. The minimum atomic E-state index is -1.78. The number of unbranched alkanes of at least 4 members (excludes halogenated alkanes) is 10. The molecule has 4 nitrogen and oxygen atoms in total. The standard InChI is InChI=1S/C21H42N2O2S2/c1-3-5-7-9-11-13-15-20(17-24,16-14-12-10-8-6-4-2)21(25,18(22)26)19(23)27/h24-25H,3-17H2,1-2H3,(H2,22,26)(H2,23,27). The zero-order valence-electron chi connectivity index (χ0n) is 17.5. The Labute approximate surface area is 177 Å². The van der Waals surface area contributed by atoms with Crippen molar-refractivity contribution in [3.8, 4) is 0 Å². The Morgan fingerprint density at radius 3 is 1.33 bits per heavy atom. The van der Waals surface area contributed by atoms with Gasteiger partial charge in [-0.05, 0) is 12.8 Å². The summed E-state index contributed by atoms with van der Waals surface area (Å²) in [5, 5.41) is 21.6. The second-order valence-corrected chi connectivity index (χ2v) is 8.79. The molecular formula is C21H42N2O2S2. The monoisotopic (exact) mass is 418 g/mol. The smallest absolute Gasteiger partial charge is 0.171 e. The quantitative estimate of drug-likeness (QED) is 0.189. The second-order valence-electron chi connectivity index (χ2n) is 7.91. The van der Waals surface area contributed by atoms with Crippen LogP contribution in [0.3, 0.4) is 0 Å². The lowest BCUT2D eigenvalue weighted by molar-refractivity contribution is -0.0303. The van der Waals surface area contributed by atoms with Gasteiger partial charge in [0.15, 0.2) is 5.60 Å². The van der Waals surface area contributed by atoms with Gasteiger partial charge in [-0.2, -0.15) is 0 Å². The topological polar surface area (TPSA) is 92.5 Å². The lowest BCUT2D eigenvalue weighted by Gasteiger charge is -2.45. The Hall–Kier alpha value is -0.300. The van der Waals surface area contributed by atoms with Crippen LogP contribution in [-0.4, -0.2) is 32.4 Å². The summed E-state index contributed by atoms with van der Waals surface area (Å²) in [7, 11) is 0. The van der Waals surface area contributed by atoms with Gasteiger partial charge in [-0.25, -0.2) is 0 Å². The summed E-state index contributed by atoms with van der Waals surface area (Å²) < 4.78 is 0. The highest BCUT2D eigenvalue weighted by Gasteiger charge is 2.53. The van der Waals surface area contributed by atoms with Gasteiger partial charge in [0.2, 0.25) is 0 Å². The Kier molecular flexibility index (Phi) is 14.5. The largest absolute Gasteiger partial charge is 0.396 e. The van der Waals surface area contributed by atoms with Crippen molar-refractivity contribution in [1.29, 1.82) is 0 Å². The summed E-state index contributed by atoms with van der Waals surface area (Å²) in [6.45, 7) is 4.17. The third-order valence-corrected chi connectivity index (χ3v) is 6.39. The Morgan fingerprint density at radius 2 is 1.04 bits per heavy atom. The van der Waals surface area contributed by atoms with E-state index >= 15 is 0 Å². The van der Waals surface area contributed by atoms with Gasteiger partial charge < -0.3 is 21.7 Å². The highest BCUT2D eigenvalue weighted by atomic mass is 32.1. The van der Waals surface area contributed by atoms with Crippen molar-refractivity contribution in [2.75, 3.05) is 6.61 Å². The molecule has 0 amide bonds. The molecule has 0 aliphatic heterocycles. The maximum Gasteiger partial charge on any atom is 0.171 e. The van der Waals surface area contributed by atoms with Crippen LogP contribution in [0.2, 0.25) is 0 Å². The fourth-order valence-corrected chi connectivity index (χ4v) is 4.61. The van der Waals surface area contributed by atoms with E-state index < -0.39 is 11.0 Å². The van der Waals surface area contributed by atoms with Gasteiger partial charge in [0.05, 0.1) is 6.61 Å². The number of rotatable bonds is 18. The molecule has 0 heterocycles. The predicted octanol–water partition coefficient (Wildman–Crippen LogP) is 4.77. The van der Waals surface area contributed by atoms with Gasteiger partial charge in [-0.15, -0.1) is 0 Å². The highest BCUT2D eigenvalue weighted by molar-refractivity contribution is 7.82. The van der Waals surface area contributed by atoms with Crippen LogP contribution < -0.4 is 11.5 Å². The van der Waals surface area contributed by atoms with Crippen molar-refractivity contribution < 1.29 is 10.2 Å². The van der Waals surface area contributed by atoms with Crippen molar-refractivity contribution in [3.63, 3.8) is 0 Å². The van der Waals surface area contributed by atoms with E-state index in [1.54, 1.807) is 0 Å². The number of thiocarbonyl (C=S) groups is 2. The first-order valence-corrected chi connectivity index (χ1v) is 11.6. The molecule has 6 heteroatoms. The second kappa shape index (κ2) is 14.7. The summed E-state index contributed by atoms with van der Waals surface area (Å²) in [6, 6.07) is 0. The molecule has 0 radical (unpaired) electrons. The zero-order chi connectivity index (χ0) is 20.8. The van der Waals surface area contributed by atoms with Crippen molar-refractivity contribution in [2.24, 2.45) is 16.9 Å². The van der Waals surface area contributed by atoms with Gasteiger partial charge in [-0.1, -0.05) is 115 Å². The molecule has 0 aromatic carbocycles. The number of aliphatic hydroxyl groups excluding tert-OH is 1. The number of aliphatic hydroxyl groups is 2. The molecule has 0 spiro atoms. The molecule has 0 aliphatic rings. The summed E-state index contributed by atoms with van der Waals surface area (Å²) >= 11 is 10.3. The molecule has 160 valence electrons. The van der Waals surface area contributed by atoms with E-state index in [0.29, 0.717) is 12.8 Å². The van der Waals surface area contributed by atoms with Crippen LogP contribution in [0.25, 0.3) is 0 Å².